The minimum absolute atomic E-state index is 0.141. The summed E-state index contributed by atoms with van der Waals surface area (Å²) in [7, 11) is 0. The summed E-state index contributed by atoms with van der Waals surface area (Å²) in [5.41, 5.74) is 1.08. The Hall–Kier alpha value is -2.94. The quantitative estimate of drug-likeness (QED) is 0.657. The van der Waals surface area contributed by atoms with Crippen molar-refractivity contribution in [1.29, 1.82) is 5.26 Å². The normalized spacial score (nSPS) is 9.50. The monoisotopic (exact) mass is 240 g/mol. The first-order valence-corrected chi connectivity index (χ1v) is 5.06. The van der Waals surface area contributed by atoms with Gasteiger partial charge in [-0.2, -0.15) is 5.26 Å². The zero-order chi connectivity index (χ0) is 13.0. The van der Waals surface area contributed by atoms with E-state index in [0.29, 0.717) is 11.4 Å². The van der Waals surface area contributed by atoms with Crippen LogP contribution in [-0.2, 0) is 0 Å². The average molecular weight is 240 g/mol. The van der Waals surface area contributed by atoms with E-state index in [1.807, 2.05) is 6.07 Å². The summed E-state index contributed by atoms with van der Waals surface area (Å²) in [5.74, 6) is 0. The van der Waals surface area contributed by atoms with Crippen LogP contribution >= 0.6 is 0 Å². The molecular formula is C12H8N4O2. The van der Waals surface area contributed by atoms with E-state index in [4.69, 9.17) is 5.26 Å². The second kappa shape index (κ2) is 4.93. The summed E-state index contributed by atoms with van der Waals surface area (Å²) in [6, 6.07) is 9.59. The Kier molecular flexibility index (Phi) is 3.16. The van der Waals surface area contributed by atoms with Crippen LogP contribution < -0.4 is 5.32 Å². The predicted octanol–water partition coefficient (Wildman–Crippen LogP) is 2.61. The smallest absolute Gasteiger partial charge is 0.293 e. The molecule has 0 fully saturated rings. The summed E-state index contributed by atoms with van der Waals surface area (Å²) in [6.45, 7) is 0. The molecule has 0 unspecified atom stereocenters. The van der Waals surface area contributed by atoms with Gasteiger partial charge in [-0.3, -0.25) is 15.1 Å². The molecule has 0 spiro atoms. The molecule has 0 atom stereocenters. The Bertz CT molecular complexity index is 620. The van der Waals surface area contributed by atoms with Gasteiger partial charge >= 0.3 is 0 Å². The summed E-state index contributed by atoms with van der Waals surface area (Å²) in [5, 5.41) is 22.5. The maximum Gasteiger partial charge on any atom is 0.293 e. The number of pyridine rings is 1. The highest BCUT2D eigenvalue weighted by Gasteiger charge is 2.14. The molecule has 6 heteroatoms. The third kappa shape index (κ3) is 2.41. The van der Waals surface area contributed by atoms with Crippen molar-refractivity contribution in [3.8, 4) is 6.07 Å². The van der Waals surface area contributed by atoms with E-state index < -0.39 is 4.92 Å². The van der Waals surface area contributed by atoms with Gasteiger partial charge in [0.25, 0.3) is 5.69 Å². The lowest BCUT2D eigenvalue weighted by Crippen LogP contribution is -1.97. The van der Waals surface area contributed by atoms with Gasteiger partial charge in [-0.15, -0.1) is 0 Å². The van der Waals surface area contributed by atoms with E-state index in [-0.39, 0.29) is 11.3 Å². The molecule has 0 aliphatic rings. The number of nitrogens with one attached hydrogen (secondary N) is 1. The highest BCUT2D eigenvalue weighted by Crippen LogP contribution is 2.28. The van der Waals surface area contributed by atoms with Crippen LogP contribution in [-0.4, -0.2) is 9.91 Å². The minimum Gasteiger partial charge on any atom is -0.349 e. The van der Waals surface area contributed by atoms with Crippen LogP contribution in [0.15, 0.2) is 42.7 Å². The zero-order valence-corrected chi connectivity index (χ0v) is 9.20. The number of anilines is 2. The highest BCUT2D eigenvalue weighted by molar-refractivity contribution is 5.70. The van der Waals surface area contributed by atoms with Gasteiger partial charge in [0.2, 0.25) is 0 Å². The van der Waals surface area contributed by atoms with Crippen LogP contribution in [0.4, 0.5) is 17.1 Å². The molecule has 2 rings (SSSR count). The Morgan fingerprint density at radius 1 is 1.39 bits per heavy atom. The van der Waals surface area contributed by atoms with Crippen molar-refractivity contribution in [3.05, 3.63) is 58.4 Å². The number of nitrogens with zero attached hydrogens (tertiary/aromatic N) is 3. The Labute approximate surface area is 103 Å². The fourth-order valence-electron chi connectivity index (χ4n) is 1.45. The first-order valence-electron chi connectivity index (χ1n) is 5.06. The van der Waals surface area contributed by atoms with Crippen LogP contribution in [0.1, 0.15) is 5.56 Å². The molecule has 0 saturated heterocycles. The molecule has 18 heavy (non-hydrogen) atoms. The zero-order valence-electron chi connectivity index (χ0n) is 9.20. The number of nitro benzene ring substituents is 1. The molecule has 88 valence electrons. The van der Waals surface area contributed by atoms with Crippen molar-refractivity contribution >= 4 is 17.1 Å². The molecule has 1 aromatic heterocycles. The molecule has 0 bridgehead atoms. The minimum atomic E-state index is -0.528. The summed E-state index contributed by atoms with van der Waals surface area (Å²) < 4.78 is 0. The first kappa shape index (κ1) is 11.5. The maximum absolute atomic E-state index is 10.9. The van der Waals surface area contributed by atoms with E-state index in [2.05, 4.69) is 10.3 Å². The predicted molar refractivity (Wildman–Crippen MR) is 65.3 cm³/mol. The number of rotatable bonds is 3. The molecular weight excluding hydrogens is 232 g/mol. The molecule has 0 aliphatic carbocycles. The standard InChI is InChI=1S/C12H8N4O2/c13-7-9-3-4-11(12(6-9)16(17)18)15-10-2-1-5-14-8-10/h1-6,8,15H. The largest absolute Gasteiger partial charge is 0.349 e. The van der Waals surface area contributed by atoms with Crippen LogP contribution in [0.3, 0.4) is 0 Å². The molecule has 2 aromatic rings. The Balaban J connectivity index is 2.39. The molecule has 1 heterocycles. The van der Waals surface area contributed by atoms with Gasteiger partial charge in [-0.25, -0.2) is 0 Å². The van der Waals surface area contributed by atoms with Crippen molar-refractivity contribution in [1.82, 2.24) is 4.98 Å². The second-order valence-electron chi connectivity index (χ2n) is 3.47. The molecule has 6 nitrogen and oxygen atoms in total. The van der Waals surface area contributed by atoms with Crippen LogP contribution in [0.5, 0.6) is 0 Å². The molecule has 0 saturated carbocycles. The number of nitro groups is 1. The number of hydrogen-bond acceptors (Lipinski definition) is 5. The van der Waals surface area contributed by atoms with Gasteiger partial charge in [0.15, 0.2) is 0 Å². The lowest BCUT2D eigenvalue weighted by Gasteiger charge is -2.06. The molecule has 0 radical (unpaired) electrons. The SMILES string of the molecule is N#Cc1ccc(Nc2cccnc2)c([N+](=O)[O-])c1. The summed E-state index contributed by atoms with van der Waals surface area (Å²) in [4.78, 5) is 14.3. The number of benzene rings is 1. The van der Waals surface area contributed by atoms with Crippen molar-refractivity contribution < 1.29 is 4.92 Å². The van der Waals surface area contributed by atoms with Crippen molar-refractivity contribution in [2.24, 2.45) is 0 Å². The van der Waals surface area contributed by atoms with Gasteiger partial charge in [0.1, 0.15) is 5.69 Å². The third-order valence-electron chi connectivity index (χ3n) is 2.26. The first-order chi connectivity index (χ1) is 8.70. The average Bonchev–Trinajstić information content (AvgIpc) is 2.40. The van der Waals surface area contributed by atoms with E-state index in [1.54, 1.807) is 24.5 Å². The van der Waals surface area contributed by atoms with Crippen LogP contribution in [0, 0.1) is 21.4 Å². The number of aromatic nitrogens is 1. The number of nitriles is 1. The van der Waals surface area contributed by atoms with E-state index in [0.717, 1.165) is 0 Å². The molecule has 1 N–H and O–H groups in total. The second-order valence-corrected chi connectivity index (χ2v) is 3.47. The van der Waals surface area contributed by atoms with Crippen LogP contribution in [0.25, 0.3) is 0 Å². The maximum atomic E-state index is 10.9. The van der Waals surface area contributed by atoms with Gasteiger partial charge in [-0.1, -0.05) is 0 Å². The lowest BCUT2D eigenvalue weighted by atomic mass is 10.2. The van der Waals surface area contributed by atoms with Gasteiger partial charge in [0, 0.05) is 12.3 Å². The van der Waals surface area contributed by atoms with Crippen molar-refractivity contribution in [2.75, 3.05) is 5.32 Å². The number of hydrogen-bond donors (Lipinski definition) is 1. The van der Waals surface area contributed by atoms with E-state index in [1.165, 1.54) is 18.2 Å². The van der Waals surface area contributed by atoms with E-state index >= 15 is 0 Å². The van der Waals surface area contributed by atoms with Crippen molar-refractivity contribution in [2.45, 2.75) is 0 Å². The topological polar surface area (TPSA) is 91.8 Å². The van der Waals surface area contributed by atoms with Gasteiger partial charge < -0.3 is 5.32 Å². The molecule has 0 amide bonds. The van der Waals surface area contributed by atoms with E-state index in [9.17, 15) is 10.1 Å². The third-order valence-corrected chi connectivity index (χ3v) is 2.26. The lowest BCUT2D eigenvalue weighted by molar-refractivity contribution is -0.383. The summed E-state index contributed by atoms with van der Waals surface area (Å²) in [6.07, 6.45) is 3.17. The fraction of sp³-hybridized carbons (Fsp3) is 0. The van der Waals surface area contributed by atoms with Gasteiger partial charge in [0.05, 0.1) is 28.4 Å². The van der Waals surface area contributed by atoms with Crippen LogP contribution in [0.2, 0.25) is 0 Å². The summed E-state index contributed by atoms with van der Waals surface area (Å²) >= 11 is 0. The fourth-order valence-corrected chi connectivity index (χ4v) is 1.45. The van der Waals surface area contributed by atoms with Crippen molar-refractivity contribution in [3.63, 3.8) is 0 Å². The Morgan fingerprint density at radius 2 is 2.22 bits per heavy atom. The highest BCUT2D eigenvalue weighted by atomic mass is 16.6. The molecule has 0 aliphatic heterocycles. The Morgan fingerprint density at radius 3 is 2.83 bits per heavy atom. The molecule has 1 aromatic carbocycles. The van der Waals surface area contributed by atoms with Gasteiger partial charge in [-0.05, 0) is 24.3 Å².